The third-order valence-electron chi connectivity index (χ3n) is 5.08. The Kier molecular flexibility index (Phi) is 6.41. The fourth-order valence-electron chi connectivity index (χ4n) is 3.44. The minimum absolute atomic E-state index is 0.0962. The number of carbonyl (C=O) groups excluding carboxylic acids is 2. The molecule has 1 fully saturated rings. The van der Waals surface area contributed by atoms with Crippen LogP contribution in [0.15, 0.2) is 71.9 Å². The molecule has 8 nitrogen and oxygen atoms in total. The van der Waals surface area contributed by atoms with Crippen LogP contribution in [-0.4, -0.2) is 41.1 Å². The molecule has 0 bridgehead atoms. The minimum Gasteiger partial charge on any atom is -0.365 e. The van der Waals surface area contributed by atoms with Gasteiger partial charge in [0.2, 0.25) is 0 Å². The van der Waals surface area contributed by atoms with E-state index in [9.17, 15) is 9.59 Å². The summed E-state index contributed by atoms with van der Waals surface area (Å²) in [5.41, 5.74) is 8.45. The molecule has 1 saturated heterocycles. The molecular weight excluding hydrogens is 404 g/mol. The first-order valence-corrected chi connectivity index (χ1v) is 10.4. The van der Waals surface area contributed by atoms with Gasteiger partial charge in [-0.1, -0.05) is 36.4 Å². The lowest BCUT2D eigenvalue weighted by Crippen LogP contribution is -2.32. The highest BCUT2D eigenvalue weighted by Gasteiger charge is 2.17. The summed E-state index contributed by atoms with van der Waals surface area (Å²) in [6, 6.07) is 18.5. The zero-order valence-corrected chi connectivity index (χ0v) is 17.5. The Morgan fingerprint density at radius 2 is 1.75 bits per heavy atom. The van der Waals surface area contributed by atoms with Gasteiger partial charge in [0.15, 0.2) is 0 Å². The molecule has 1 aliphatic heterocycles. The van der Waals surface area contributed by atoms with E-state index in [-0.39, 0.29) is 11.6 Å². The fraction of sp³-hybridized carbons (Fsp3) is 0.167. The SMILES string of the molecule is NC(=O)c1cnc(Nc2cccc(NC(=O)N3CCCC3)c2)cc1N=Cc1ccccc1. The van der Waals surface area contributed by atoms with Crippen LogP contribution in [0.4, 0.5) is 27.7 Å². The van der Waals surface area contributed by atoms with Gasteiger partial charge in [0, 0.05) is 42.9 Å². The lowest BCUT2D eigenvalue weighted by molar-refractivity contribution is 0.100. The zero-order chi connectivity index (χ0) is 22.3. The van der Waals surface area contributed by atoms with E-state index in [2.05, 4.69) is 20.6 Å². The highest BCUT2D eigenvalue weighted by Crippen LogP contribution is 2.25. The van der Waals surface area contributed by atoms with Crippen molar-refractivity contribution in [3.8, 4) is 0 Å². The Balaban J connectivity index is 1.52. The van der Waals surface area contributed by atoms with Gasteiger partial charge in [0.1, 0.15) is 5.82 Å². The van der Waals surface area contributed by atoms with Crippen LogP contribution in [0.3, 0.4) is 0 Å². The largest absolute Gasteiger partial charge is 0.365 e. The number of hydrogen-bond donors (Lipinski definition) is 3. The van der Waals surface area contributed by atoms with Gasteiger partial charge in [-0.2, -0.15) is 0 Å². The van der Waals surface area contributed by atoms with Crippen LogP contribution in [-0.2, 0) is 0 Å². The number of aliphatic imine (C=N–C) groups is 1. The number of hydrogen-bond acceptors (Lipinski definition) is 5. The summed E-state index contributed by atoms with van der Waals surface area (Å²) < 4.78 is 0. The summed E-state index contributed by atoms with van der Waals surface area (Å²) >= 11 is 0. The zero-order valence-electron chi connectivity index (χ0n) is 17.5. The van der Waals surface area contributed by atoms with Crippen LogP contribution >= 0.6 is 0 Å². The van der Waals surface area contributed by atoms with Crippen molar-refractivity contribution in [2.24, 2.45) is 10.7 Å². The van der Waals surface area contributed by atoms with Crippen LogP contribution < -0.4 is 16.4 Å². The molecule has 32 heavy (non-hydrogen) atoms. The number of nitrogens with one attached hydrogen (secondary N) is 2. The van der Waals surface area contributed by atoms with E-state index in [4.69, 9.17) is 5.73 Å². The maximum Gasteiger partial charge on any atom is 0.321 e. The topological polar surface area (TPSA) is 113 Å². The van der Waals surface area contributed by atoms with Crippen molar-refractivity contribution in [1.82, 2.24) is 9.88 Å². The second-order valence-corrected chi connectivity index (χ2v) is 7.45. The molecule has 0 unspecified atom stereocenters. The Morgan fingerprint density at radius 3 is 2.50 bits per heavy atom. The lowest BCUT2D eigenvalue weighted by Gasteiger charge is -2.16. The highest BCUT2D eigenvalue weighted by atomic mass is 16.2. The minimum atomic E-state index is -0.601. The van der Waals surface area contributed by atoms with Gasteiger partial charge in [-0.25, -0.2) is 9.78 Å². The molecule has 8 heteroatoms. The number of carbonyl (C=O) groups is 2. The molecule has 1 aliphatic rings. The van der Waals surface area contributed by atoms with E-state index >= 15 is 0 Å². The van der Waals surface area contributed by atoms with Crippen LogP contribution in [0.25, 0.3) is 0 Å². The van der Waals surface area contributed by atoms with Gasteiger partial charge in [0.05, 0.1) is 11.3 Å². The predicted octanol–water partition coefficient (Wildman–Crippen LogP) is 4.30. The first kappa shape index (κ1) is 21.0. The second-order valence-electron chi connectivity index (χ2n) is 7.45. The van der Waals surface area contributed by atoms with E-state index in [1.165, 1.54) is 6.20 Å². The van der Waals surface area contributed by atoms with E-state index in [1.807, 2.05) is 54.6 Å². The van der Waals surface area contributed by atoms with Crippen molar-refractivity contribution in [1.29, 1.82) is 0 Å². The van der Waals surface area contributed by atoms with E-state index in [0.29, 0.717) is 17.2 Å². The Morgan fingerprint density at radius 1 is 1.00 bits per heavy atom. The van der Waals surface area contributed by atoms with Gasteiger partial charge in [-0.15, -0.1) is 0 Å². The number of primary amides is 1. The van der Waals surface area contributed by atoms with Crippen molar-refractivity contribution in [3.63, 3.8) is 0 Å². The number of urea groups is 1. The first-order chi connectivity index (χ1) is 15.6. The fourth-order valence-corrected chi connectivity index (χ4v) is 3.44. The van der Waals surface area contributed by atoms with Crippen molar-refractivity contribution in [2.45, 2.75) is 12.8 Å². The summed E-state index contributed by atoms with van der Waals surface area (Å²) in [5, 5.41) is 6.12. The van der Waals surface area contributed by atoms with E-state index in [1.54, 1.807) is 17.2 Å². The molecule has 0 saturated carbocycles. The predicted molar refractivity (Wildman–Crippen MR) is 126 cm³/mol. The molecule has 0 aliphatic carbocycles. The standard InChI is InChI=1S/C24H24N6O2/c25-23(31)20-16-27-22(14-21(20)26-15-17-7-2-1-3-8-17)28-18-9-6-10-19(13-18)29-24(32)30-11-4-5-12-30/h1-3,6-10,13-16H,4-5,11-12H2,(H2,25,31)(H,27,28)(H,29,32). The molecule has 3 amide bonds. The monoisotopic (exact) mass is 428 g/mol. The summed E-state index contributed by atoms with van der Waals surface area (Å²) in [6.45, 7) is 1.57. The molecule has 4 rings (SSSR count). The molecule has 0 spiro atoms. The summed E-state index contributed by atoms with van der Waals surface area (Å²) in [6.07, 6.45) is 5.15. The van der Waals surface area contributed by atoms with Gasteiger partial charge in [-0.05, 0) is 36.6 Å². The summed E-state index contributed by atoms with van der Waals surface area (Å²) in [4.78, 5) is 34.7. The average Bonchev–Trinajstić information content (AvgIpc) is 3.34. The van der Waals surface area contributed by atoms with E-state index in [0.717, 1.165) is 37.2 Å². The third-order valence-corrected chi connectivity index (χ3v) is 5.08. The summed E-state index contributed by atoms with van der Waals surface area (Å²) in [7, 11) is 0. The number of nitrogens with zero attached hydrogens (tertiary/aromatic N) is 3. The van der Waals surface area contributed by atoms with Crippen molar-refractivity contribution < 1.29 is 9.59 Å². The molecule has 2 aromatic carbocycles. The van der Waals surface area contributed by atoms with Crippen LogP contribution in [0.1, 0.15) is 28.8 Å². The van der Waals surface area contributed by atoms with E-state index < -0.39 is 5.91 Å². The molecule has 4 N–H and O–H groups in total. The second kappa shape index (κ2) is 9.74. The third kappa shape index (κ3) is 5.28. The smallest absolute Gasteiger partial charge is 0.321 e. The Bertz CT molecular complexity index is 1140. The van der Waals surface area contributed by atoms with Gasteiger partial charge < -0.3 is 21.3 Å². The number of rotatable bonds is 6. The number of nitrogens with two attached hydrogens (primary N) is 1. The number of benzene rings is 2. The highest BCUT2D eigenvalue weighted by molar-refractivity contribution is 5.99. The van der Waals surface area contributed by atoms with Gasteiger partial charge in [0.25, 0.3) is 5.91 Å². The van der Waals surface area contributed by atoms with Crippen molar-refractivity contribution >= 4 is 41.0 Å². The number of aromatic nitrogens is 1. The lowest BCUT2D eigenvalue weighted by atomic mass is 10.2. The Labute approximate surface area is 186 Å². The maximum absolute atomic E-state index is 12.3. The number of anilines is 3. The number of likely N-dealkylation sites (tertiary alicyclic amines) is 1. The molecule has 0 radical (unpaired) electrons. The van der Waals surface area contributed by atoms with Crippen LogP contribution in [0.2, 0.25) is 0 Å². The molecule has 1 aromatic heterocycles. The molecule has 0 atom stereocenters. The maximum atomic E-state index is 12.3. The quantitative estimate of drug-likeness (QED) is 0.508. The molecular formula is C24H24N6O2. The van der Waals surface area contributed by atoms with Gasteiger partial charge in [-0.3, -0.25) is 9.79 Å². The normalized spacial score (nSPS) is 13.3. The number of pyridine rings is 1. The average molecular weight is 428 g/mol. The van der Waals surface area contributed by atoms with Crippen LogP contribution in [0, 0.1) is 0 Å². The number of amides is 3. The first-order valence-electron chi connectivity index (χ1n) is 10.4. The molecule has 162 valence electrons. The molecule has 2 heterocycles. The Hall–Kier alpha value is -4.20. The van der Waals surface area contributed by atoms with Gasteiger partial charge >= 0.3 is 6.03 Å². The molecule has 3 aromatic rings. The van der Waals surface area contributed by atoms with Crippen molar-refractivity contribution in [3.05, 3.63) is 78.0 Å². The van der Waals surface area contributed by atoms with Crippen LogP contribution in [0.5, 0.6) is 0 Å². The van der Waals surface area contributed by atoms with Crippen molar-refractivity contribution in [2.75, 3.05) is 23.7 Å². The summed E-state index contributed by atoms with van der Waals surface area (Å²) in [5.74, 6) is -0.103.